The Balaban J connectivity index is 1.46. The third kappa shape index (κ3) is 8.16. The number of para-hydroxylation sites is 1. The highest BCUT2D eigenvalue weighted by Crippen LogP contribution is 2.26. The molecule has 41 heavy (non-hydrogen) atoms. The number of fused-ring (bicyclic) bond motifs is 1. The number of anilines is 2. The van der Waals surface area contributed by atoms with E-state index >= 15 is 0 Å². The van der Waals surface area contributed by atoms with Gasteiger partial charge in [-0.3, -0.25) is 9.78 Å². The Hall–Kier alpha value is -4.19. The van der Waals surface area contributed by atoms with E-state index in [-0.39, 0.29) is 37.4 Å². The number of hydrogen-bond donors (Lipinski definition) is 2. The smallest absolute Gasteiger partial charge is 0.410 e. The van der Waals surface area contributed by atoms with Crippen LogP contribution < -0.4 is 11.1 Å². The maximum atomic E-state index is 14.0. The quantitative estimate of drug-likeness (QED) is 0.230. The normalized spacial score (nSPS) is 12.2. The number of Topliss-reactive ketones (excluding diaryl/α,β-unsaturated/α-hetero) is 1. The van der Waals surface area contributed by atoms with Crippen molar-refractivity contribution in [3.63, 3.8) is 0 Å². The predicted molar refractivity (Wildman–Crippen MR) is 157 cm³/mol. The van der Waals surface area contributed by atoms with Gasteiger partial charge in [-0.25, -0.2) is 24.1 Å². The Morgan fingerprint density at radius 3 is 2.66 bits per heavy atom. The van der Waals surface area contributed by atoms with E-state index < -0.39 is 23.6 Å². The van der Waals surface area contributed by atoms with E-state index in [2.05, 4.69) is 20.3 Å². The first-order chi connectivity index (χ1) is 19.5. The number of pyridine rings is 1. The number of hydrogen-bond acceptors (Lipinski definition) is 10. The number of nitrogens with zero attached hydrogens (tertiary/aromatic N) is 5. The second kappa shape index (κ2) is 13.0. The highest BCUT2D eigenvalue weighted by atomic mass is 32.1. The lowest BCUT2D eigenvalue weighted by molar-refractivity contribution is -0.119. The number of nitrogens with one attached hydrogen (secondary N) is 1. The Labute approximate surface area is 242 Å². The van der Waals surface area contributed by atoms with Gasteiger partial charge in [-0.05, 0) is 51.5 Å². The Kier molecular flexibility index (Phi) is 9.43. The molecule has 0 bridgehead atoms. The van der Waals surface area contributed by atoms with Crippen molar-refractivity contribution in [2.45, 2.75) is 65.1 Å². The number of thiazole rings is 1. The van der Waals surface area contributed by atoms with E-state index in [1.54, 1.807) is 31.7 Å². The van der Waals surface area contributed by atoms with E-state index in [1.807, 2.05) is 25.1 Å². The van der Waals surface area contributed by atoms with Crippen molar-refractivity contribution >= 4 is 45.1 Å². The maximum absolute atomic E-state index is 14.0. The van der Waals surface area contributed by atoms with Gasteiger partial charge in [0.2, 0.25) is 0 Å². The van der Waals surface area contributed by atoms with Gasteiger partial charge >= 0.3 is 6.09 Å². The molecule has 0 radical (unpaired) electrons. The third-order valence-corrected chi connectivity index (χ3v) is 7.21. The van der Waals surface area contributed by atoms with Gasteiger partial charge in [0.1, 0.15) is 33.9 Å². The second-order valence-corrected chi connectivity index (χ2v) is 11.7. The molecule has 1 aromatic carbocycles. The molecule has 0 aliphatic heterocycles. The molecule has 1 atom stereocenters. The fraction of sp³-hybridized carbons (Fsp3) is 0.379. The van der Waals surface area contributed by atoms with E-state index in [4.69, 9.17) is 15.5 Å². The minimum Gasteiger partial charge on any atom is -0.444 e. The van der Waals surface area contributed by atoms with Gasteiger partial charge in [0.15, 0.2) is 5.82 Å². The van der Waals surface area contributed by atoms with Crippen molar-refractivity contribution in [1.82, 2.24) is 24.8 Å². The molecule has 0 saturated carbocycles. The van der Waals surface area contributed by atoms with Gasteiger partial charge in [-0.1, -0.05) is 29.5 Å². The van der Waals surface area contributed by atoms with Gasteiger partial charge in [0.25, 0.3) is 0 Å². The molecule has 12 heteroatoms. The zero-order valence-corrected chi connectivity index (χ0v) is 24.4. The van der Waals surface area contributed by atoms with Crippen LogP contribution in [0.2, 0.25) is 0 Å². The summed E-state index contributed by atoms with van der Waals surface area (Å²) in [5.41, 5.74) is 7.46. The monoisotopic (exact) mass is 579 g/mol. The van der Waals surface area contributed by atoms with Gasteiger partial charge < -0.3 is 20.7 Å². The molecule has 1 amide bonds. The fourth-order valence-corrected chi connectivity index (χ4v) is 5.09. The standard InChI is InChI=1S/C29H34FN7O3S/c1-18(14-20(38)15-19-8-5-6-10-22(19)31)37(28(39)40-29(2,3)4)13-11-24-36-25-26(34-17-35-27(25)41-24)33-16-23-21(30)9-7-12-32-23/h5-10,12,17-18H,11,13-16,31H2,1-4H3,(H,33,34,35). The van der Waals surface area contributed by atoms with Crippen LogP contribution in [0.1, 0.15) is 50.4 Å². The lowest BCUT2D eigenvalue weighted by Gasteiger charge is -2.31. The minimum atomic E-state index is -0.698. The molecule has 3 aromatic heterocycles. The summed E-state index contributed by atoms with van der Waals surface area (Å²) in [6.07, 6.45) is 3.20. The Bertz CT molecular complexity index is 1520. The number of carbonyl (C=O) groups excluding carboxylic acids is 2. The Morgan fingerprint density at radius 1 is 1.15 bits per heavy atom. The van der Waals surface area contributed by atoms with E-state index in [1.165, 1.54) is 36.0 Å². The summed E-state index contributed by atoms with van der Waals surface area (Å²) in [4.78, 5) is 45.7. The van der Waals surface area contributed by atoms with Crippen LogP contribution in [0.3, 0.4) is 0 Å². The van der Waals surface area contributed by atoms with Crippen LogP contribution in [0.25, 0.3) is 10.3 Å². The number of halogens is 1. The zero-order chi connectivity index (χ0) is 29.6. The van der Waals surface area contributed by atoms with Crippen molar-refractivity contribution in [3.8, 4) is 0 Å². The van der Waals surface area contributed by atoms with E-state index in [0.717, 1.165) is 10.6 Å². The minimum absolute atomic E-state index is 0.0284. The third-order valence-electron chi connectivity index (χ3n) is 6.19. The number of ketones is 1. The van der Waals surface area contributed by atoms with Crippen LogP contribution in [0.4, 0.5) is 20.7 Å². The molecule has 0 aliphatic rings. The molecule has 3 N–H and O–H groups in total. The molecular weight excluding hydrogens is 545 g/mol. The first kappa shape index (κ1) is 29.8. The lowest BCUT2D eigenvalue weighted by Crippen LogP contribution is -2.44. The van der Waals surface area contributed by atoms with Gasteiger partial charge in [0.05, 0.1) is 17.2 Å². The molecular formula is C29H34FN7O3S. The fourth-order valence-electron chi connectivity index (χ4n) is 4.20. The molecule has 0 saturated heterocycles. The highest BCUT2D eigenvalue weighted by Gasteiger charge is 2.28. The molecule has 4 rings (SSSR count). The first-order valence-corrected chi connectivity index (χ1v) is 14.1. The average molecular weight is 580 g/mol. The van der Waals surface area contributed by atoms with Crippen LogP contribution in [-0.4, -0.2) is 54.9 Å². The first-order valence-electron chi connectivity index (χ1n) is 13.3. The molecule has 216 valence electrons. The van der Waals surface area contributed by atoms with Crippen LogP contribution in [0, 0.1) is 5.82 Å². The van der Waals surface area contributed by atoms with Crippen molar-refractivity contribution in [1.29, 1.82) is 0 Å². The number of nitrogen functional groups attached to an aromatic ring is 1. The zero-order valence-electron chi connectivity index (χ0n) is 23.6. The van der Waals surface area contributed by atoms with Crippen LogP contribution in [0.5, 0.6) is 0 Å². The number of ether oxygens (including phenoxy) is 1. The summed E-state index contributed by atoms with van der Waals surface area (Å²) >= 11 is 1.38. The number of carbonyl (C=O) groups is 2. The topological polar surface area (TPSA) is 136 Å². The molecule has 0 fully saturated rings. The SMILES string of the molecule is CC(CC(=O)Cc1ccccc1N)N(CCc1nc2c(NCc3ncccc3F)ncnc2s1)C(=O)OC(C)(C)C. The van der Waals surface area contributed by atoms with Crippen LogP contribution in [0.15, 0.2) is 48.9 Å². The highest BCUT2D eigenvalue weighted by molar-refractivity contribution is 7.18. The summed E-state index contributed by atoms with van der Waals surface area (Å²) in [5.74, 6) is 0.0244. The molecule has 10 nitrogen and oxygen atoms in total. The maximum Gasteiger partial charge on any atom is 0.410 e. The second-order valence-electron chi connectivity index (χ2n) is 10.7. The number of aromatic nitrogens is 4. The number of benzene rings is 1. The summed E-state index contributed by atoms with van der Waals surface area (Å²) < 4.78 is 19.7. The molecule has 4 aromatic rings. The summed E-state index contributed by atoms with van der Waals surface area (Å²) in [7, 11) is 0. The molecule has 0 spiro atoms. The van der Waals surface area contributed by atoms with Gasteiger partial charge in [-0.15, -0.1) is 0 Å². The largest absolute Gasteiger partial charge is 0.444 e. The average Bonchev–Trinajstić information content (AvgIpc) is 3.32. The Morgan fingerprint density at radius 2 is 1.93 bits per heavy atom. The molecule has 1 unspecified atom stereocenters. The van der Waals surface area contributed by atoms with E-state index in [9.17, 15) is 14.0 Å². The lowest BCUT2D eigenvalue weighted by atomic mass is 10.0. The number of nitrogens with two attached hydrogens (primary N) is 1. The molecule has 3 heterocycles. The summed E-state index contributed by atoms with van der Waals surface area (Å²) in [6.45, 7) is 7.65. The van der Waals surface area contributed by atoms with E-state index in [0.29, 0.717) is 28.3 Å². The van der Waals surface area contributed by atoms with Gasteiger partial charge in [-0.2, -0.15) is 0 Å². The van der Waals surface area contributed by atoms with Crippen molar-refractivity contribution in [3.05, 3.63) is 71.0 Å². The van der Waals surface area contributed by atoms with Crippen LogP contribution in [-0.2, 0) is 28.9 Å². The van der Waals surface area contributed by atoms with Crippen molar-refractivity contribution in [2.24, 2.45) is 0 Å². The van der Waals surface area contributed by atoms with Crippen molar-refractivity contribution < 1.29 is 18.7 Å². The summed E-state index contributed by atoms with van der Waals surface area (Å²) in [5, 5.41) is 3.82. The number of rotatable bonds is 11. The molecule has 0 aliphatic carbocycles. The van der Waals surface area contributed by atoms with Crippen LogP contribution >= 0.6 is 11.3 Å². The van der Waals surface area contributed by atoms with Gasteiger partial charge in [0, 0.05) is 43.7 Å². The van der Waals surface area contributed by atoms with Crippen molar-refractivity contribution in [2.75, 3.05) is 17.6 Å². The predicted octanol–water partition coefficient (Wildman–Crippen LogP) is 5.18. The summed E-state index contributed by atoms with van der Waals surface area (Å²) in [6, 6.07) is 9.73. The number of amides is 1.